The second-order valence-corrected chi connectivity index (χ2v) is 5.69. The Morgan fingerprint density at radius 2 is 1.72 bits per heavy atom. The predicted octanol–water partition coefficient (Wildman–Crippen LogP) is 2.35. The van der Waals surface area contributed by atoms with Crippen molar-refractivity contribution in [1.29, 1.82) is 0 Å². The lowest BCUT2D eigenvalue weighted by Crippen LogP contribution is -2.18. The van der Waals surface area contributed by atoms with Crippen molar-refractivity contribution in [2.75, 3.05) is 26.4 Å². The smallest absolute Gasteiger partial charge is 0.361 e. The van der Waals surface area contributed by atoms with Gasteiger partial charge in [-0.1, -0.05) is 0 Å². The highest BCUT2D eigenvalue weighted by atomic mass is 31.2. The van der Waals surface area contributed by atoms with E-state index in [1.807, 2.05) is 0 Å². The molecule has 0 bridgehead atoms. The summed E-state index contributed by atoms with van der Waals surface area (Å²) in [5.41, 5.74) is 0. The molecule has 0 N–H and O–H groups in total. The molecule has 18 heavy (non-hydrogen) atoms. The number of hydrogen-bond donors (Lipinski definition) is 0. The Labute approximate surface area is 107 Å². The Balaban J connectivity index is 2.33. The molecule has 5 nitrogen and oxygen atoms in total. The minimum atomic E-state index is -3.25. The van der Waals surface area contributed by atoms with Crippen molar-refractivity contribution in [2.24, 2.45) is 0 Å². The molecule has 6 heteroatoms. The predicted molar refractivity (Wildman–Crippen MR) is 67.9 cm³/mol. The zero-order valence-corrected chi connectivity index (χ0v) is 11.4. The average Bonchev–Trinajstić information content (AvgIpc) is 2.39. The molecule has 1 heterocycles. The van der Waals surface area contributed by atoms with Crippen LogP contribution in [0.2, 0.25) is 0 Å². The van der Waals surface area contributed by atoms with Gasteiger partial charge >= 0.3 is 7.60 Å². The van der Waals surface area contributed by atoms with E-state index < -0.39 is 7.60 Å². The molecular weight excluding hydrogens is 255 g/mol. The summed E-state index contributed by atoms with van der Waals surface area (Å²) < 4.78 is 34.0. The molecule has 0 unspecified atom stereocenters. The highest BCUT2D eigenvalue weighted by Crippen LogP contribution is 2.48. The summed E-state index contributed by atoms with van der Waals surface area (Å²) in [6, 6.07) is 5.09. The van der Waals surface area contributed by atoms with Crippen LogP contribution >= 0.6 is 7.60 Å². The van der Waals surface area contributed by atoms with E-state index in [1.54, 1.807) is 32.0 Å². The zero-order chi connectivity index (χ0) is 13.0. The van der Waals surface area contributed by atoms with Crippen LogP contribution in [0.5, 0.6) is 11.5 Å². The van der Waals surface area contributed by atoms with Gasteiger partial charge in [0.25, 0.3) is 0 Å². The van der Waals surface area contributed by atoms with Crippen LogP contribution in [0.25, 0.3) is 0 Å². The number of benzene rings is 1. The maximum Gasteiger partial charge on any atom is 0.361 e. The van der Waals surface area contributed by atoms with Crippen LogP contribution in [-0.4, -0.2) is 26.4 Å². The highest BCUT2D eigenvalue weighted by molar-refractivity contribution is 7.62. The minimum Gasteiger partial charge on any atom is -0.486 e. The molecule has 1 aromatic rings. The monoisotopic (exact) mass is 272 g/mol. The summed E-state index contributed by atoms with van der Waals surface area (Å²) in [6.07, 6.45) is 0. The Hall–Kier alpha value is -1.03. The molecule has 0 saturated heterocycles. The normalized spacial score (nSPS) is 14.6. The van der Waals surface area contributed by atoms with E-state index in [2.05, 4.69) is 0 Å². The quantitative estimate of drug-likeness (QED) is 0.770. The third-order valence-corrected chi connectivity index (χ3v) is 4.55. The lowest BCUT2D eigenvalue weighted by molar-refractivity contribution is 0.171. The first-order valence-corrected chi connectivity index (χ1v) is 7.53. The molecule has 0 aromatic heterocycles. The summed E-state index contributed by atoms with van der Waals surface area (Å²) in [7, 11) is -3.25. The van der Waals surface area contributed by atoms with Gasteiger partial charge in [0, 0.05) is 0 Å². The van der Waals surface area contributed by atoms with Gasteiger partial charge in [0.1, 0.15) is 13.2 Å². The Bertz CT molecular complexity index is 450. The molecule has 0 aliphatic carbocycles. The largest absolute Gasteiger partial charge is 0.486 e. The van der Waals surface area contributed by atoms with E-state index >= 15 is 0 Å². The summed E-state index contributed by atoms with van der Waals surface area (Å²) >= 11 is 0. The lowest BCUT2D eigenvalue weighted by atomic mass is 10.3. The molecule has 0 saturated carbocycles. The second kappa shape index (κ2) is 5.74. The van der Waals surface area contributed by atoms with Crippen LogP contribution < -0.4 is 14.8 Å². The van der Waals surface area contributed by atoms with Crippen molar-refractivity contribution in [1.82, 2.24) is 0 Å². The summed E-state index contributed by atoms with van der Waals surface area (Å²) in [5.74, 6) is 1.24. The maximum absolute atomic E-state index is 12.6. The van der Waals surface area contributed by atoms with Crippen LogP contribution in [0.15, 0.2) is 18.2 Å². The van der Waals surface area contributed by atoms with Crippen molar-refractivity contribution in [3.8, 4) is 11.5 Å². The van der Waals surface area contributed by atoms with E-state index in [9.17, 15) is 4.57 Å². The molecule has 0 spiro atoms. The molecule has 1 aliphatic rings. The van der Waals surface area contributed by atoms with Gasteiger partial charge in [-0.3, -0.25) is 4.57 Å². The second-order valence-electron chi connectivity index (χ2n) is 3.66. The number of rotatable bonds is 5. The minimum absolute atomic E-state index is 0.325. The lowest BCUT2D eigenvalue weighted by Gasteiger charge is -2.21. The fourth-order valence-electron chi connectivity index (χ4n) is 1.73. The standard InChI is InChI=1S/C12H17O5P/c1-3-16-18(13,17-4-2)10-5-6-11-12(9-10)15-8-7-14-11/h5-6,9H,3-4,7-8H2,1-2H3. The first kappa shape index (κ1) is 13.4. The van der Waals surface area contributed by atoms with Gasteiger partial charge in [0.2, 0.25) is 0 Å². The first-order valence-electron chi connectivity index (χ1n) is 5.99. The zero-order valence-electron chi connectivity index (χ0n) is 10.5. The molecular formula is C12H17O5P. The Morgan fingerprint density at radius 1 is 1.11 bits per heavy atom. The molecule has 0 radical (unpaired) electrons. The Morgan fingerprint density at radius 3 is 2.33 bits per heavy atom. The molecule has 1 aliphatic heterocycles. The van der Waals surface area contributed by atoms with Crippen molar-refractivity contribution < 1.29 is 23.1 Å². The van der Waals surface area contributed by atoms with Crippen molar-refractivity contribution in [3.63, 3.8) is 0 Å². The third kappa shape index (κ3) is 2.69. The van der Waals surface area contributed by atoms with Gasteiger partial charge in [-0.15, -0.1) is 0 Å². The summed E-state index contributed by atoms with van der Waals surface area (Å²) in [4.78, 5) is 0. The van der Waals surface area contributed by atoms with Gasteiger partial charge in [-0.05, 0) is 32.0 Å². The van der Waals surface area contributed by atoms with Crippen molar-refractivity contribution in [3.05, 3.63) is 18.2 Å². The molecule has 1 aromatic carbocycles. The molecule has 0 atom stereocenters. The van der Waals surface area contributed by atoms with E-state index in [1.165, 1.54) is 0 Å². The van der Waals surface area contributed by atoms with E-state index in [0.717, 1.165) is 0 Å². The van der Waals surface area contributed by atoms with Gasteiger partial charge < -0.3 is 18.5 Å². The van der Waals surface area contributed by atoms with Gasteiger partial charge in [-0.2, -0.15) is 0 Å². The SMILES string of the molecule is CCOP(=O)(OCC)c1ccc2c(c1)OCCO2. The topological polar surface area (TPSA) is 54.0 Å². The van der Waals surface area contributed by atoms with E-state index in [4.69, 9.17) is 18.5 Å². The summed E-state index contributed by atoms with van der Waals surface area (Å²) in [5, 5.41) is 0.496. The maximum atomic E-state index is 12.6. The molecule has 0 fully saturated rings. The number of fused-ring (bicyclic) bond motifs is 1. The van der Waals surface area contributed by atoms with Crippen LogP contribution in [0.1, 0.15) is 13.8 Å². The fourth-order valence-corrected chi connectivity index (χ4v) is 3.31. The number of ether oxygens (including phenoxy) is 2. The van der Waals surface area contributed by atoms with Gasteiger partial charge in [0.15, 0.2) is 11.5 Å². The fraction of sp³-hybridized carbons (Fsp3) is 0.500. The molecule has 2 rings (SSSR count). The van der Waals surface area contributed by atoms with Crippen LogP contribution in [0, 0.1) is 0 Å². The molecule has 0 amide bonds. The van der Waals surface area contributed by atoms with Gasteiger partial charge in [0.05, 0.1) is 18.5 Å². The highest BCUT2D eigenvalue weighted by Gasteiger charge is 2.28. The number of hydrogen-bond acceptors (Lipinski definition) is 5. The first-order chi connectivity index (χ1) is 8.69. The van der Waals surface area contributed by atoms with E-state index in [0.29, 0.717) is 43.2 Å². The summed E-state index contributed by atoms with van der Waals surface area (Å²) in [6.45, 7) is 5.23. The van der Waals surface area contributed by atoms with Crippen molar-refractivity contribution in [2.45, 2.75) is 13.8 Å². The van der Waals surface area contributed by atoms with Crippen LogP contribution in [0.3, 0.4) is 0 Å². The van der Waals surface area contributed by atoms with Crippen LogP contribution in [0.4, 0.5) is 0 Å². The third-order valence-electron chi connectivity index (χ3n) is 2.44. The molecule has 100 valence electrons. The van der Waals surface area contributed by atoms with E-state index in [-0.39, 0.29) is 0 Å². The average molecular weight is 272 g/mol. The van der Waals surface area contributed by atoms with Gasteiger partial charge in [-0.25, -0.2) is 0 Å². The van der Waals surface area contributed by atoms with Crippen LogP contribution in [-0.2, 0) is 13.6 Å². The van der Waals surface area contributed by atoms with Crippen molar-refractivity contribution >= 4 is 12.9 Å². The Kier molecular flexibility index (Phi) is 4.27.